The molecule has 0 bridgehead atoms. The highest BCUT2D eigenvalue weighted by Crippen LogP contribution is 1.83. The maximum Gasteiger partial charge on any atom is 0.147 e. The Kier molecular flexibility index (Phi) is 3.67. The minimum Gasteiger partial charge on any atom is -0.263 e. The minimum atomic E-state index is 0. The maximum absolute atomic E-state index is 3.94. The molecule has 0 atom stereocenters. The molecule has 0 aliphatic heterocycles. The SMILES string of the molecule is CC.Cc1n[nH]c(C)n1.[HH]. The van der Waals surface area contributed by atoms with E-state index >= 15 is 0 Å². The van der Waals surface area contributed by atoms with Crippen molar-refractivity contribution in [2.75, 3.05) is 0 Å². The van der Waals surface area contributed by atoms with Crippen molar-refractivity contribution in [3.8, 4) is 0 Å². The molecular formula is C6H15N3. The summed E-state index contributed by atoms with van der Waals surface area (Å²) in [6, 6.07) is 0. The van der Waals surface area contributed by atoms with Crippen LogP contribution in [0, 0.1) is 13.8 Å². The first kappa shape index (κ1) is 8.14. The Bertz CT molecular complexity index is 145. The van der Waals surface area contributed by atoms with Crippen LogP contribution in [0.4, 0.5) is 0 Å². The van der Waals surface area contributed by atoms with Gasteiger partial charge in [-0.15, -0.1) is 0 Å². The molecule has 0 aliphatic rings. The second-order valence-corrected chi connectivity index (χ2v) is 1.47. The highest BCUT2D eigenvalue weighted by atomic mass is 15.2. The summed E-state index contributed by atoms with van der Waals surface area (Å²) in [5.74, 6) is 1.68. The third-order valence-electron chi connectivity index (χ3n) is 0.709. The monoisotopic (exact) mass is 129 g/mol. The molecule has 1 rings (SSSR count). The molecule has 0 aliphatic carbocycles. The molecule has 0 amide bonds. The van der Waals surface area contributed by atoms with Gasteiger partial charge >= 0.3 is 0 Å². The van der Waals surface area contributed by atoms with E-state index in [-0.39, 0.29) is 1.43 Å². The molecule has 3 heteroatoms. The van der Waals surface area contributed by atoms with Gasteiger partial charge in [0.25, 0.3) is 0 Å². The zero-order chi connectivity index (χ0) is 7.28. The number of nitrogens with zero attached hydrogens (tertiary/aromatic N) is 2. The van der Waals surface area contributed by atoms with Crippen molar-refractivity contribution >= 4 is 0 Å². The van der Waals surface area contributed by atoms with Gasteiger partial charge in [0.2, 0.25) is 0 Å². The predicted molar refractivity (Wildman–Crippen MR) is 39.3 cm³/mol. The summed E-state index contributed by atoms with van der Waals surface area (Å²) < 4.78 is 0. The van der Waals surface area contributed by atoms with E-state index in [0.717, 1.165) is 11.6 Å². The highest BCUT2D eigenvalue weighted by molar-refractivity contribution is 4.82. The Morgan fingerprint density at radius 1 is 1.33 bits per heavy atom. The van der Waals surface area contributed by atoms with Crippen LogP contribution in [-0.2, 0) is 0 Å². The van der Waals surface area contributed by atoms with Crippen molar-refractivity contribution in [3.63, 3.8) is 0 Å². The largest absolute Gasteiger partial charge is 0.263 e. The summed E-state index contributed by atoms with van der Waals surface area (Å²) in [6.45, 7) is 7.73. The first-order valence-corrected chi connectivity index (χ1v) is 3.14. The Morgan fingerprint density at radius 3 is 2.00 bits per heavy atom. The van der Waals surface area contributed by atoms with E-state index < -0.39 is 0 Å². The number of hydrogen-bond donors (Lipinski definition) is 1. The standard InChI is InChI=1S/C4H7N3.C2H6.H2/c1-3-5-4(2)7-6-3;1-2;/h1-2H3,(H,5,6,7);1-2H3;1H. The fourth-order valence-electron chi connectivity index (χ4n) is 0.455. The fourth-order valence-corrected chi connectivity index (χ4v) is 0.455. The van der Waals surface area contributed by atoms with E-state index in [9.17, 15) is 0 Å². The van der Waals surface area contributed by atoms with E-state index in [2.05, 4.69) is 15.2 Å². The molecule has 9 heavy (non-hydrogen) atoms. The number of hydrogen-bond acceptors (Lipinski definition) is 2. The average Bonchev–Trinajstić information content (AvgIpc) is 2.20. The number of H-pyrrole nitrogens is 1. The zero-order valence-electron chi connectivity index (χ0n) is 6.39. The third-order valence-corrected chi connectivity index (χ3v) is 0.709. The lowest BCUT2D eigenvalue weighted by molar-refractivity contribution is 1.02. The summed E-state index contributed by atoms with van der Waals surface area (Å²) in [5.41, 5.74) is 0. The molecule has 0 unspecified atom stereocenters. The van der Waals surface area contributed by atoms with Crippen LogP contribution in [0.5, 0.6) is 0 Å². The first-order valence-electron chi connectivity index (χ1n) is 3.14. The summed E-state index contributed by atoms with van der Waals surface area (Å²) in [5, 5.41) is 6.49. The van der Waals surface area contributed by atoms with Gasteiger partial charge in [0.1, 0.15) is 11.6 Å². The Balaban J connectivity index is 0. The zero-order valence-corrected chi connectivity index (χ0v) is 6.39. The topological polar surface area (TPSA) is 41.6 Å². The lowest BCUT2D eigenvalue weighted by Crippen LogP contribution is -1.70. The van der Waals surface area contributed by atoms with Crippen molar-refractivity contribution in [3.05, 3.63) is 11.6 Å². The number of aromatic nitrogens is 3. The van der Waals surface area contributed by atoms with Gasteiger partial charge in [-0.05, 0) is 13.8 Å². The summed E-state index contributed by atoms with van der Waals surface area (Å²) >= 11 is 0. The van der Waals surface area contributed by atoms with Crippen LogP contribution in [0.15, 0.2) is 0 Å². The lowest BCUT2D eigenvalue weighted by atomic mass is 10.7. The molecule has 54 valence electrons. The number of rotatable bonds is 0. The second-order valence-electron chi connectivity index (χ2n) is 1.47. The highest BCUT2D eigenvalue weighted by Gasteiger charge is 1.86. The molecule has 1 aromatic rings. The van der Waals surface area contributed by atoms with Gasteiger partial charge in [0.15, 0.2) is 0 Å². The van der Waals surface area contributed by atoms with Crippen LogP contribution in [-0.4, -0.2) is 15.2 Å². The normalized spacial score (nSPS) is 8.00. The number of nitrogens with one attached hydrogen (secondary N) is 1. The van der Waals surface area contributed by atoms with Gasteiger partial charge in [0.05, 0.1) is 0 Å². The first-order chi connectivity index (χ1) is 4.29. The molecule has 3 nitrogen and oxygen atoms in total. The van der Waals surface area contributed by atoms with E-state index in [0.29, 0.717) is 0 Å². The number of aryl methyl sites for hydroxylation is 2. The van der Waals surface area contributed by atoms with Crippen molar-refractivity contribution < 1.29 is 1.43 Å². The van der Waals surface area contributed by atoms with Crippen molar-refractivity contribution in [2.24, 2.45) is 0 Å². The van der Waals surface area contributed by atoms with Crippen molar-refractivity contribution in [1.82, 2.24) is 15.2 Å². The van der Waals surface area contributed by atoms with Crippen LogP contribution in [0.2, 0.25) is 0 Å². The molecule has 0 saturated heterocycles. The quantitative estimate of drug-likeness (QED) is 0.579. The van der Waals surface area contributed by atoms with Gasteiger partial charge in [0, 0.05) is 1.43 Å². The Morgan fingerprint density at radius 2 is 1.89 bits per heavy atom. The third kappa shape index (κ3) is 2.85. The molecule has 1 N–H and O–H groups in total. The second kappa shape index (κ2) is 4.06. The Labute approximate surface area is 57.0 Å². The van der Waals surface area contributed by atoms with Crippen LogP contribution >= 0.6 is 0 Å². The molecule has 0 radical (unpaired) electrons. The summed E-state index contributed by atoms with van der Waals surface area (Å²) in [6.07, 6.45) is 0. The van der Waals surface area contributed by atoms with Crippen molar-refractivity contribution in [1.29, 1.82) is 0 Å². The summed E-state index contributed by atoms with van der Waals surface area (Å²) in [4.78, 5) is 3.94. The van der Waals surface area contributed by atoms with E-state index in [1.54, 1.807) is 0 Å². The fraction of sp³-hybridized carbons (Fsp3) is 0.667. The van der Waals surface area contributed by atoms with Gasteiger partial charge < -0.3 is 0 Å². The van der Waals surface area contributed by atoms with E-state index in [1.807, 2.05) is 27.7 Å². The van der Waals surface area contributed by atoms with Gasteiger partial charge in [-0.3, -0.25) is 5.10 Å². The molecular weight excluding hydrogens is 114 g/mol. The molecule has 0 spiro atoms. The van der Waals surface area contributed by atoms with Gasteiger partial charge in [-0.25, -0.2) is 4.98 Å². The van der Waals surface area contributed by atoms with Crippen molar-refractivity contribution in [2.45, 2.75) is 27.7 Å². The Hall–Kier alpha value is -0.860. The van der Waals surface area contributed by atoms with Crippen LogP contribution in [0.1, 0.15) is 26.9 Å². The van der Waals surface area contributed by atoms with Crippen LogP contribution < -0.4 is 0 Å². The maximum atomic E-state index is 3.94. The summed E-state index contributed by atoms with van der Waals surface area (Å²) in [7, 11) is 0. The predicted octanol–water partition coefficient (Wildman–Crippen LogP) is 1.69. The van der Waals surface area contributed by atoms with Gasteiger partial charge in [-0.2, -0.15) is 5.10 Å². The molecule has 0 aromatic carbocycles. The molecule has 1 heterocycles. The van der Waals surface area contributed by atoms with E-state index in [1.165, 1.54) is 0 Å². The van der Waals surface area contributed by atoms with E-state index in [4.69, 9.17) is 0 Å². The molecule has 0 saturated carbocycles. The smallest absolute Gasteiger partial charge is 0.147 e. The van der Waals surface area contributed by atoms with Crippen LogP contribution in [0.25, 0.3) is 0 Å². The molecule has 1 aromatic heterocycles. The lowest BCUT2D eigenvalue weighted by Gasteiger charge is -1.68. The number of aromatic amines is 1. The van der Waals surface area contributed by atoms with Crippen LogP contribution in [0.3, 0.4) is 0 Å². The molecule has 0 fully saturated rings. The minimum absolute atomic E-state index is 0. The average molecular weight is 129 g/mol. The van der Waals surface area contributed by atoms with Gasteiger partial charge in [-0.1, -0.05) is 13.8 Å².